The Kier molecular flexibility index (Phi) is 6.34. The first-order valence-corrected chi connectivity index (χ1v) is 12.9. The van der Waals surface area contributed by atoms with E-state index >= 15 is 0 Å². The highest BCUT2D eigenvalue weighted by Gasteiger charge is 2.29. The van der Waals surface area contributed by atoms with Crippen LogP contribution in [-0.4, -0.2) is 72.0 Å². The van der Waals surface area contributed by atoms with Gasteiger partial charge in [0.05, 0.1) is 10.3 Å². The minimum Gasteiger partial charge on any atom is -0.353 e. The zero-order chi connectivity index (χ0) is 22.9. The summed E-state index contributed by atoms with van der Waals surface area (Å²) in [5.41, 5.74) is 2.44. The van der Waals surface area contributed by atoms with E-state index in [2.05, 4.69) is 59.0 Å². The smallest absolute Gasteiger partial charge is 0.264 e. The van der Waals surface area contributed by atoms with E-state index in [-0.39, 0.29) is 5.91 Å². The second-order valence-electron chi connectivity index (χ2n) is 9.55. The standard InChI is InChI=1S/C26H33N5OS/c1-18-22-24(30-15-13-29(3)14-16-30)27-19(2)28-25(22)33-23(18)26(32)31-11-9-21(10-12-31)17-20-7-5-4-6-8-20/h4-8,21H,9-17H2,1-3H3. The maximum Gasteiger partial charge on any atom is 0.264 e. The molecule has 0 aliphatic carbocycles. The number of thiophene rings is 1. The van der Waals surface area contributed by atoms with Crippen molar-refractivity contribution in [2.75, 3.05) is 51.2 Å². The van der Waals surface area contributed by atoms with E-state index in [0.29, 0.717) is 5.92 Å². The van der Waals surface area contributed by atoms with Crippen LogP contribution in [-0.2, 0) is 6.42 Å². The Hall–Kier alpha value is -2.51. The lowest BCUT2D eigenvalue weighted by atomic mass is 9.90. The minimum absolute atomic E-state index is 0.163. The number of amides is 1. The number of rotatable bonds is 4. The van der Waals surface area contributed by atoms with Crippen molar-refractivity contribution in [2.24, 2.45) is 5.92 Å². The van der Waals surface area contributed by atoms with Gasteiger partial charge in [0.15, 0.2) is 0 Å². The van der Waals surface area contributed by atoms with Gasteiger partial charge in [0.25, 0.3) is 5.91 Å². The number of carbonyl (C=O) groups is 1. The highest BCUT2D eigenvalue weighted by molar-refractivity contribution is 7.20. The third kappa shape index (κ3) is 4.62. The number of hydrogen-bond acceptors (Lipinski definition) is 6. The molecule has 0 saturated carbocycles. The van der Waals surface area contributed by atoms with Crippen molar-refractivity contribution >= 4 is 33.3 Å². The molecule has 5 rings (SSSR count). The van der Waals surface area contributed by atoms with E-state index in [9.17, 15) is 4.79 Å². The van der Waals surface area contributed by atoms with Crippen molar-refractivity contribution in [3.8, 4) is 0 Å². The Morgan fingerprint density at radius 2 is 1.70 bits per heavy atom. The molecule has 1 aromatic carbocycles. The van der Waals surface area contributed by atoms with E-state index in [4.69, 9.17) is 9.97 Å². The zero-order valence-corrected chi connectivity index (χ0v) is 20.7. The molecule has 174 valence electrons. The first-order chi connectivity index (χ1) is 16.0. The molecular formula is C26H33N5OS. The van der Waals surface area contributed by atoms with Gasteiger partial charge in [-0.2, -0.15) is 0 Å². The number of benzene rings is 1. The highest BCUT2D eigenvalue weighted by Crippen LogP contribution is 2.37. The van der Waals surface area contributed by atoms with E-state index in [1.165, 1.54) is 5.56 Å². The number of nitrogens with zero attached hydrogens (tertiary/aromatic N) is 5. The Bertz CT molecular complexity index is 1130. The summed E-state index contributed by atoms with van der Waals surface area (Å²) in [6, 6.07) is 10.7. The molecule has 0 spiro atoms. The van der Waals surface area contributed by atoms with Crippen LogP contribution >= 0.6 is 11.3 Å². The first kappa shape index (κ1) is 22.3. The topological polar surface area (TPSA) is 52.6 Å². The first-order valence-electron chi connectivity index (χ1n) is 12.0. The zero-order valence-electron chi connectivity index (χ0n) is 19.9. The number of fused-ring (bicyclic) bond motifs is 1. The fraction of sp³-hybridized carbons (Fsp3) is 0.500. The van der Waals surface area contributed by atoms with Gasteiger partial charge in [-0.3, -0.25) is 4.79 Å². The third-order valence-corrected chi connectivity index (χ3v) is 8.32. The predicted octanol–water partition coefficient (Wildman–Crippen LogP) is 4.15. The van der Waals surface area contributed by atoms with Crippen molar-refractivity contribution < 1.29 is 4.79 Å². The summed E-state index contributed by atoms with van der Waals surface area (Å²) < 4.78 is 0. The summed E-state index contributed by atoms with van der Waals surface area (Å²) in [4.78, 5) is 31.6. The molecule has 0 N–H and O–H groups in total. The number of likely N-dealkylation sites (N-methyl/N-ethyl adjacent to an activating group) is 1. The largest absolute Gasteiger partial charge is 0.353 e. The van der Waals surface area contributed by atoms with Crippen molar-refractivity contribution in [3.63, 3.8) is 0 Å². The van der Waals surface area contributed by atoms with Crippen LogP contribution in [0.3, 0.4) is 0 Å². The second-order valence-corrected chi connectivity index (χ2v) is 10.5. The predicted molar refractivity (Wildman–Crippen MR) is 135 cm³/mol. The van der Waals surface area contributed by atoms with Gasteiger partial charge in [-0.05, 0) is 57.2 Å². The number of aryl methyl sites for hydroxylation is 2. The molecule has 0 unspecified atom stereocenters. The van der Waals surface area contributed by atoms with Gasteiger partial charge in [0, 0.05) is 39.3 Å². The Morgan fingerprint density at radius 3 is 2.39 bits per heavy atom. The van der Waals surface area contributed by atoms with Crippen LogP contribution in [0.25, 0.3) is 10.2 Å². The van der Waals surface area contributed by atoms with Gasteiger partial charge in [-0.25, -0.2) is 9.97 Å². The van der Waals surface area contributed by atoms with Crippen LogP contribution in [0.1, 0.15) is 39.5 Å². The van der Waals surface area contributed by atoms with Crippen LogP contribution in [0.2, 0.25) is 0 Å². The second kappa shape index (κ2) is 9.39. The summed E-state index contributed by atoms with van der Waals surface area (Å²) in [5, 5.41) is 1.07. The lowest BCUT2D eigenvalue weighted by Crippen LogP contribution is -2.45. The Morgan fingerprint density at radius 1 is 1.00 bits per heavy atom. The van der Waals surface area contributed by atoms with E-state index in [0.717, 1.165) is 90.8 Å². The normalized spacial score (nSPS) is 18.3. The number of aromatic nitrogens is 2. The molecule has 0 atom stereocenters. The highest BCUT2D eigenvalue weighted by atomic mass is 32.1. The maximum absolute atomic E-state index is 13.5. The summed E-state index contributed by atoms with van der Waals surface area (Å²) in [7, 11) is 2.16. The molecule has 4 heterocycles. The average Bonchev–Trinajstić information content (AvgIpc) is 3.16. The molecule has 7 heteroatoms. The maximum atomic E-state index is 13.5. The molecule has 3 aromatic rings. The summed E-state index contributed by atoms with van der Waals surface area (Å²) in [6.45, 7) is 9.65. The molecule has 2 fully saturated rings. The van der Waals surface area contributed by atoms with Crippen LogP contribution in [0.5, 0.6) is 0 Å². The lowest BCUT2D eigenvalue weighted by Gasteiger charge is -2.33. The number of hydrogen-bond donors (Lipinski definition) is 0. The van der Waals surface area contributed by atoms with Crippen molar-refractivity contribution in [1.29, 1.82) is 0 Å². The lowest BCUT2D eigenvalue weighted by molar-refractivity contribution is 0.0695. The van der Waals surface area contributed by atoms with Crippen LogP contribution < -0.4 is 4.90 Å². The Balaban J connectivity index is 1.34. The van der Waals surface area contributed by atoms with Gasteiger partial charge < -0.3 is 14.7 Å². The van der Waals surface area contributed by atoms with Gasteiger partial charge in [-0.1, -0.05) is 30.3 Å². The van der Waals surface area contributed by atoms with Gasteiger partial charge in [0.2, 0.25) is 0 Å². The van der Waals surface area contributed by atoms with Gasteiger partial charge in [0.1, 0.15) is 16.5 Å². The molecule has 6 nitrogen and oxygen atoms in total. The molecular weight excluding hydrogens is 430 g/mol. The van der Waals surface area contributed by atoms with E-state index in [1.807, 2.05) is 6.92 Å². The Labute approximate surface area is 200 Å². The fourth-order valence-electron chi connectivity index (χ4n) is 5.10. The van der Waals surface area contributed by atoms with Crippen LogP contribution in [0.4, 0.5) is 5.82 Å². The van der Waals surface area contributed by atoms with E-state index in [1.54, 1.807) is 11.3 Å². The van der Waals surface area contributed by atoms with Crippen LogP contribution in [0.15, 0.2) is 30.3 Å². The van der Waals surface area contributed by atoms with Crippen molar-refractivity contribution in [3.05, 3.63) is 52.2 Å². The molecule has 2 saturated heterocycles. The summed E-state index contributed by atoms with van der Waals surface area (Å²) >= 11 is 1.54. The number of anilines is 1. The quantitative estimate of drug-likeness (QED) is 0.582. The molecule has 0 bridgehead atoms. The summed E-state index contributed by atoms with van der Waals surface area (Å²) in [5.74, 6) is 2.59. The molecule has 2 aliphatic rings. The van der Waals surface area contributed by atoms with Crippen molar-refractivity contribution in [1.82, 2.24) is 19.8 Å². The van der Waals surface area contributed by atoms with Gasteiger partial charge in [-0.15, -0.1) is 11.3 Å². The minimum atomic E-state index is 0.163. The SMILES string of the molecule is Cc1nc(N2CCN(C)CC2)c2c(C)c(C(=O)N3CCC(Cc4ccccc4)CC3)sc2n1. The fourth-order valence-corrected chi connectivity index (χ4v) is 6.29. The molecule has 33 heavy (non-hydrogen) atoms. The molecule has 2 aromatic heterocycles. The molecule has 2 aliphatic heterocycles. The van der Waals surface area contributed by atoms with Crippen LogP contribution in [0, 0.1) is 19.8 Å². The molecule has 1 amide bonds. The number of likely N-dealkylation sites (tertiary alicyclic amines) is 1. The third-order valence-electron chi connectivity index (χ3n) is 7.15. The van der Waals surface area contributed by atoms with E-state index < -0.39 is 0 Å². The number of carbonyl (C=O) groups excluding carboxylic acids is 1. The summed E-state index contributed by atoms with van der Waals surface area (Å²) in [6.07, 6.45) is 3.24. The van der Waals surface area contributed by atoms with Gasteiger partial charge >= 0.3 is 0 Å². The monoisotopic (exact) mass is 463 g/mol. The molecule has 0 radical (unpaired) electrons. The van der Waals surface area contributed by atoms with Crippen molar-refractivity contribution in [2.45, 2.75) is 33.1 Å². The average molecular weight is 464 g/mol. The number of piperidine rings is 1. The number of piperazine rings is 1.